The Kier molecular flexibility index (Phi) is 5.27. The lowest BCUT2D eigenvalue weighted by molar-refractivity contribution is 0.217. The van der Waals surface area contributed by atoms with Gasteiger partial charge in [-0.3, -0.25) is 0 Å². The summed E-state index contributed by atoms with van der Waals surface area (Å²) in [6, 6.07) is 10.6. The number of benzene rings is 2. The number of halogens is 2. The van der Waals surface area contributed by atoms with Crippen molar-refractivity contribution in [3.63, 3.8) is 0 Å². The molecule has 5 heteroatoms. The maximum absolute atomic E-state index is 13.6. The Morgan fingerprint density at radius 1 is 1.33 bits per heavy atom. The molecule has 0 spiro atoms. The number of nitrogens with one attached hydrogen (secondary N) is 1. The molecule has 1 atom stereocenters. The van der Waals surface area contributed by atoms with E-state index in [1.165, 1.54) is 6.07 Å². The predicted molar refractivity (Wildman–Crippen MR) is 93.6 cm³/mol. The zero-order valence-corrected chi connectivity index (χ0v) is 14.1. The van der Waals surface area contributed by atoms with Crippen molar-refractivity contribution < 1.29 is 9.13 Å². The maximum Gasteiger partial charge on any atom is 0.138 e. The van der Waals surface area contributed by atoms with Crippen LogP contribution in [0.25, 0.3) is 0 Å². The van der Waals surface area contributed by atoms with E-state index in [2.05, 4.69) is 12.2 Å². The number of nitrogens with two attached hydrogens (primary N) is 1. The van der Waals surface area contributed by atoms with Crippen molar-refractivity contribution in [3.05, 3.63) is 45.8 Å². The third kappa shape index (κ3) is 4.23. The largest absolute Gasteiger partial charge is 0.491 e. The molecule has 112 valence electrons. The molecule has 0 saturated heterocycles. The van der Waals surface area contributed by atoms with Crippen LogP contribution < -0.4 is 15.8 Å². The number of ether oxygens (including phenoxy) is 1. The van der Waals surface area contributed by atoms with Crippen LogP contribution in [0.5, 0.6) is 5.75 Å². The number of hydrogen-bond donors (Lipinski definition) is 2. The van der Waals surface area contributed by atoms with E-state index in [4.69, 9.17) is 10.5 Å². The van der Waals surface area contributed by atoms with Gasteiger partial charge in [0.15, 0.2) is 0 Å². The smallest absolute Gasteiger partial charge is 0.138 e. The Bertz CT molecular complexity index is 634. The fourth-order valence-corrected chi connectivity index (χ4v) is 2.28. The highest BCUT2D eigenvalue weighted by molar-refractivity contribution is 14.1. The number of anilines is 3. The minimum absolute atomic E-state index is 0.154. The van der Waals surface area contributed by atoms with E-state index < -0.39 is 0 Å². The first-order chi connectivity index (χ1) is 9.99. The Hall–Kier alpha value is -1.50. The third-order valence-corrected chi connectivity index (χ3v) is 3.94. The molecule has 0 aliphatic rings. The van der Waals surface area contributed by atoms with Gasteiger partial charge in [0.2, 0.25) is 0 Å². The molecule has 0 aromatic heterocycles. The van der Waals surface area contributed by atoms with Gasteiger partial charge in [-0.05, 0) is 54.1 Å². The van der Waals surface area contributed by atoms with Gasteiger partial charge in [-0.1, -0.05) is 13.0 Å². The molecule has 21 heavy (non-hydrogen) atoms. The van der Waals surface area contributed by atoms with Gasteiger partial charge in [-0.2, -0.15) is 0 Å². The highest BCUT2D eigenvalue weighted by Gasteiger charge is 2.07. The van der Waals surface area contributed by atoms with Crippen LogP contribution >= 0.6 is 22.6 Å². The molecule has 0 radical (unpaired) electrons. The van der Waals surface area contributed by atoms with Crippen LogP contribution in [0.4, 0.5) is 21.5 Å². The van der Waals surface area contributed by atoms with Crippen molar-refractivity contribution in [2.45, 2.75) is 26.4 Å². The fourth-order valence-electron chi connectivity index (χ4n) is 1.79. The van der Waals surface area contributed by atoms with Crippen molar-refractivity contribution >= 4 is 39.7 Å². The van der Waals surface area contributed by atoms with Crippen LogP contribution in [-0.2, 0) is 0 Å². The van der Waals surface area contributed by atoms with Crippen LogP contribution in [0.2, 0.25) is 0 Å². The first kappa shape index (κ1) is 15.9. The second kappa shape index (κ2) is 6.98. The average molecular weight is 400 g/mol. The molecule has 0 aliphatic carbocycles. The molecule has 0 fully saturated rings. The molecule has 0 aliphatic heterocycles. The Balaban J connectivity index is 2.20. The second-order valence-electron chi connectivity index (χ2n) is 4.84. The third-order valence-electron chi connectivity index (χ3n) is 3.12. The molecule has 0 heterocycles. The highest BCUT2D eigenvalue weighted by atomic mass is 127. The lowest BCUT2D eigenvalue weighted by Crippen LogP contribution is -2.09. The van der Waals surface area contributed by atoms with Crippen LogP contribution in [0, 0.1) is 9.39 Å². The maximum atomic E-state index is 13.6. The summed E-state index contributed by atoms with van der Waals surface area (Å²) in [4.78, 5) is 0. The van der Waals surface area contributed by atoms with E-state index in [1.807, 2.05) is 53.8 Å². The molecule has 0 amide bonds. The van der Waals surface area contributed by atoms with E-state index in [-0.39, 0.29) is 11.9 Å². The number of hydrogen-bond acceptors (Lipinski definition) is 3. The summed E-state index contributed by atoms with van der Waals surface area (Å²) in [5.74, 6) is 0.484. The van der Waals surface area contributed by atoms with Gasteiger partial charge in [0.05, 0.1) is 21.0 Å². The van der Waals surface area contributed by atoms with Crippen LogP contribution in [0.3, 0.4) is 0 Å². The zero-order valence-electron chi connectivity index (χ0n) is 12.0. The van der Waals surface area contributed by atoms with Gasteiger partial charge in [0, 0.05) is 17.8 Å². The first-order valence-corrected chi connectivity index (χ1v) is 7.85. The van der Waals surface area contributed by atoms with Gasteiger partial charge in [0.1, 0.15) is 11.6 Å². The Labute approximate surface area is 137 Å². The predicted octanol–water partition coefficient (Wildman–Crippen LogP) is 4.93. The molecule has 3 nitrogen and oxygen atoms in total. The molecular formula is C16H18FIN2O. The standard InChI is InChI=1S/C16H18FIN2O/c1-3-10(2)21-12-6-4-5-11(7-12)20-16-8-13(17)14(18)9-15(16)19/h4-10,20H,3,19H2,1-2H3. The van der Waals surface area contributed by atoms with Crippen LogP contribution in [-0.4, -0.2) is 6.10 Å². The monoisotopic (exact) mass is 400 g/mol. The van der Waals surface area contributed by atoms with Gasteiger partial charge in [0.25, 0.3) is 0 Å². The van der Waals surface area contributed by atoms with E-state index >= 15 is 0 Å². The van der Waals surface area contributed by atoms with E-state index in [0.717, 1.165) is 17.9 Å². The molecule has 2 rings (SSSR count). The normalized spacial score (nSPS) is 12.0. The molecule has 3 N–H and O–H groups in total. The lowest BCUT2D eigenvalue weighted by Gasteiger charge is -2.15. The van der Waals surface area contributed by atoms with Crippen molar-refractivity contribution in [2.24, 2.45) is 0 Å². The summed E-state index contributed by atoms with van der Waals surface area (Å²) in [6.07, 6.45) is 1.09. The SMILES string of the molecule is CCC(C)Oc1cccc(Nc2cc(F)c(I)cc2N)c1. The number of rotatable bonds is 5. The molecular weight excluding hydrogens is 382 g/mol. The second-order valence-corrected chi connectivity index (χ2v) is 6.01. The van der Waals surface area contributed by atoms with Crippen LogP contribution in [0.1, 0.15) is 20.3 Å². The van der Waals surface area contributed by atoms with Gasteiger partial charge in [-0.15, -0.1) is 0 Å². The van der Waals surface area contributed by atoms with Crippen molar-refractivity contribution in [2.75, 3.05) is 11.1 Å². The summed E-state index contributed by atoms with van der Waals surface area (Å²) in [5.41, 5.74) is 7.78. The van der Waals surface area contributed by atoms with Gasteiger partial charge in [-0.25, -0.2) is 4.39 Å². The van der Waals surface area contributed by atoms with Crippen molar-refractivity contribution in [1.29, 1.82) is 0 Å². The topological polar surface area (TPSA) is 47.3 Å². The van der Waals surface area contributed by atoms with Crippen LogP contribution in [0.15, 0.2) is 36.4 Å². The summed E-state index contributed by atoms with van der Waals surface area (Å²) in [6.45, 7) is 4.09. The summed E-state index contributed by atoms with van der Waals surface area (Å²) in [7, 11) is 0. The lowest BCUT2D eigenvalue weighted by atomic mass is 10.2. The minimum Gasteiger partial charge on any atom is -0.491 e. The van der Waals surface area contributed by atoms with Gasteiger partial charge >= 0.3 is 0 Å². The minimum atomic E-state index is -0.292. The Morgan fingerprint density at radius 3 is 2.81 bits per heavy atom. The summed E-state index contributed by atoms with van der Waals surface area (Å²) in [5, 5.41) is 3.12. The summed E-state index contributed by atoms with van der Waals surface area (Å²) < 4.78 is 19.9. The highest BCUT2D eigenvalue weighted by Crippen LogP contribution is 2.28. The molecule has 0 saturated carbocycles. The van der Waals surface area contributed by atoms with E-state index in [0.29, 0.717) is 14.9 Å². The summed E-state index contributed by atoms with van der Waals surface area (Å²) >= 11 is 1.92. The molecule has 2 aromatic rings. The fraction of sp³-hybridized carbons (Fsp3) is 0.250. The Morgan fingerprint density at radius 2 is 2.10 bits per heavy atom. The van der Waals surface area contributed by atoms with E-state index in [1.54, 1.807) is 6.07 Å². The van der Waals surface area contributed by atoms with Crippen molar-refractivity contribution in [1.82, 2.24) is 0 Å². The van der Waals surface area contributed by atoms with E-state index in [9.17, 15) is 4.39 Å². The average Bonchev–Trinajstić information content (AvgIpc) is 2.45. The molecule has 1 unspecified atom stereocenters. The number of nitrogen functional groups attached to an aromatic ring is 1. The first-order valence-electron chi connectivity index (χ1n) is 6.78. The molecule has 2 aromatic carbocycles. The van der Waals surface area contributed by atoms with Crippen molar-refractivity contribution in [3.8, 4) is 5.75 Å². The zero-order chi connectivity index (χ0) is 15.4. The quantitative estimate of drug-likeness (QED) is 0.553. The van der Waals surface area contributed by atoms with Gasteiger partial charge < -0.3 is 15.8 Å². The molecule has 0 bridgehead atoms.